The molecule has 2 rings (SSSR count). The summed E-state index contributed by atoms with van der Waals surface area (Å²) in [6.45, 7) is 3.32. The van der Waals surface area contributed by atoms with E-state index in [1.54, 1.807) is 11.3 Å². The molecule has 0 radical (unpaired) electrons. The molecule has 106 valence electrons. The minimum absolute atomic E-state index is 0.0216. The van der Waals surface area contributed by atoms with Crippen molar-refractivity contribution in [1.29, 1.82) is 0 Å². The number of anilines is 1. The average molecular weight is 288 g/mol. The molecule has 0 unspecified atom stereocenters. The van der Waals surface area contributed by atoms with Gasteiger partial charge in [0, 0.05) is 17.1 Å². The van der Waals surface area contributed by atoms with Gasteiger partial charge in [0.1, 0.15) is 0 Å². The maximum absolute atomic E-state index is 12.0. The van der Waals surface area contributed by atoms with Crippen molar-refractivity contribution in [3.05, 3.63) is 52.2 Å². The molecule has 0 fully saturated rings. The van der Waals surface area contributed by atoms with Crippen LogP contribution < -0.4 is 5.32 Å². The monoisotopic (exact) mass is 288 g/mol. The number of amides is 1. The maximum atomic E-state index is 12.0. The van der Waals surface area contributed by atoms with Gasteiger partial charge in [0.25, 0.3) is 0 Å². The molecule has 0 spiro atoms. The van der Waals surface area contributed by atoms with Crippen molar-refractivity contribution in [3.63, 3.8) is 0 Å². The smallest absolute Gasteiger partial charge is 0.238 e. The van der Waals surface area contributed by atoms with Crippen LogP contribution in [0.3, 0.4) is 0 Å². The van der Waals surface area contributed by atoms with Gasteiger partial charge in [-0.2, -0.15) is 0 Å². The van der Waals surface area contributed by atoms with E-state index in [0.717, 1.165) is 18.7 Å². The standard InChI is InChI=1S/C16H20N2OS/c1-3-13-6-8-14(9-7-13)17-16(19)12-18(2)11-15-5-4-10-20-15/h4-10H,3,11-12H2,1-2H3,(H,17,19). The van der Waals surface area contributed by atoms with Gasteiger partial charge >= 0.3 is 0 Å². The summed E-state index contributed by atoms with van der Waals surface area (Å²) >= 11 is 1.71. The lowest BCUT2D eigenvalue weighted by molar-refractivity contribution is -0.117. The molecule has 1 heterocycles. The predicted molar refractivity (Wildman–Crippen MR) is 85.1 cm³/mol. The first-order valence-electron chi connectivity index (χ1n) is 6.77. The fourth-order valence-corrected chi connectivity index (χ4v) is 2.78. The van der Waals surface area contributed by atoms with Crippen LogP contribution in [-0.2, 0) is 17.8 Å². The van der Waals surface area contributed by atoms with Crippen LogP contribution in [0.2, 0.25) is 0 Å². The molecular formula is C16H20N2OS. The molecule has 0 bridgehead atoms. The summed E-state index contributed by atoms with van der Waals surface area (Å²) in [6, 6.07) is 12.1. The summed E-state index contributed by atoms with van der Waals surface area (Å²) in [6.07, 6.45) is 1.01. The first kappa shape index (κ1) is 14.8. The molecule has 3 nitrogen and oxygen atoms in total. The van der Waals surface area contributed by atoms with Crippen LogP contribution in [0.25, 0.3) is 0 Å². The fraction of sp³-hybridized carbons (Fsp3) is 0.312. The Hall–Kier alpha value is -1.65. The minimum Gasteiger partial charge on any atom is -0.325 e. The third-order valence-corrected chi connectivity index (χ3v) is 3.93. The van der Waals surface area contributed by atoms with Gasteiger partial charge in [-0.05, 0) is 42.6 Å². The summed E-state index contributed by atoms with van der Waals surface area (Å²) in [5.74, 6) is 0.0216. The van der Waals surface area contributed by atoms with Gasteiger partial charge in [-0.1, -0.05) is 25.1 Å². The molecule has 1 aromatic heterocycles. The Morgan fingerprint density at radius 3 is 2.60 bits per heavy atom. The molecule has 0 aliphatic carbocycles. The summed E-state index contributed by atoms with van der Waals surface area (Å²) in [5, 5.41) is 4.98. The van der Waals surface area contributed by atoms with E-state index in [1.165, 1.54) is 10.4 Å². The first-order chi connectivity index (χ1) is 9.67. The van der Waals surface area contributed by atoms with Crippen molar-refractivity contribution in [2.24, 2.45) is 0 Å². The van der Waals surface area contributed by atoms with Gasteiger partial charge in [-0.3, -0.25) is 9.69 Å². The zero-order valence-corrected chi connectivity index (χ0v) is 12.7. The number of carbonyl (C=O) groups is 1. The number of likely N-dealkylation sites (N-methyl/N-ethyl adjacent to an activating group) is 1. The first-order valence-corrected chi connectivity index (χ1v) is 7.65. The number of aryl methyl sites for hydroxylation is 1. The normalized spacial score (nSPS) is 10.8. The van der Waals surface area contributed by atoms with E-state index in [-0.39, 0.29) is 5.91 Å². The number of thiophene rings is 1. The van der Waals surface area contributed by atoms with E-state index in [2.05, 4.69) is 23.7 Å². The van der Waals surface area contributed by atoms with Crippen LogP contribution in [0.15, 0.2) is 41.8 Å². The summed E-state index contributed by atoms with van der Waals surface area (Å²) in [7, 11) is 1.96. The van der Waals surface area contributed by atoms with Crippen molar-refractivity contribution in [3.8, 4) is 0 Å². The summed E-state index contributed by atoms with van der Waals surface area (Å²) in [5.41, 5.74) is 2.13. The van der Waals surface area contributed by atoms with Gasteiger partial charge in [0.15, 0.2) is 0 Å². The SMILES string of the molecule is CCc1ccc(NC(=O)CN(C)Cc2cccs2)cc1. The highest BCUT2D eigenvalue weighted by molar-refractivity contribution is 7.09. The second kappa shape index (κ2) is 7.22. The molecule has 4 heteroatoms. The van der Waals surface area contributed by atoms with Crippen LogP contribution in [0.5, 0.6) is 0 Å². The number of benzene rings is 1. The lowest BCUT2D eigenvalue weighted by Gasteiger charge is -2.15. The summed E-state index contributed by atoms with van der Waals surface area (Å²) < 4.78 is 0. The van der Waals surface area contributed by atoms with Crippen molar-refractivity contribution >= 4 is 22.9 Å². The number of carbonyl (C=O) groups excluding carboxylic acids is 1. The van der Waals surface area contributed by atoms with E-state index < -0.39 is 0 Å². The van der Waals surface area contributed by atoms with Crippen LogP contribution >= 0.6 is 11.3 Å². The van der Waals surface area contributed by atoms with Gasteiger partial charge in [0.05, 0.1) is 6.54 Å². The van der Waals surface area contributed by atoms with Crippen molar-refractivity contribution in [2.45, 2.75) is 19.9 Å². The Bertz CT molecular complexity index is 534. The largest absolute Gasteiger partial charge is 0.325 e. The lowest BCUT2D eigenvalue weighted by atomic mass is 10.1. The Morgan fingerprint density at radius 2 is 2.00 bits per heavy atom. The van der Waals surface area contributed by atoms with Gasteiger partial charge < -0.3 is 5.32 Å². The van der Waals surface area contributed by atoms with Crippen LogP contribution in [0.4, 0.5) is 5.69 Å². The molecule has 1 aromatic carbocycles. The van der Waals surface area contributed by atoms with Crippen LogP contribution in [0.1, 0.15) is 17.4 Å². The Labute approximate surface area is 124 Å². The third-order valence-electron chi connectivity index (χ3n) is 3.07. The van der Waals surface area contributed by atoms with Crippen molar-refractivity contribution in [1.82, 2.24) is 4.90 Å². The number of nitrogens with one attached hydrogen (secondary N) is 1. The zero-order chi connectivity index (χ0) is 14.4. The lowest BCUT2D eigenvalue weighted by Crippen LogP contribution is -2.29. The second-order valence-corrected chi connectivity index (χ2v) is 5.88. The van der Waals surface area contributed by atoms with E-state index in [4.69, 9.17) is 0 Å². The van der Waals surface area contributed by atoms with Gasteiger partial charge in [-0.25, -0.2) is 0 Å². The quantitative estimate of drug-likeness (QED) is 0.884. The second-order valence-electron chi connectivity index (χ2n) is 4.85. The highest BCUT2D eigenvalue weighted by atomic mass is 32.1. The average Bonchev–Trinajstić information content (AvgIpc) is 2.92. The zero-order valence-electron chi connectivity index (χ0n) is 11.9. The third kappa shape index (κ3) is 4.47. The maximum Gasteiger partial charge on any atom is 0.238 e. The van der Waals surface area contributed by atoms with Crippen LogP contribution in [-0.4, -0.2) is 24.4 Å². The molecule has 0 aliphatic rings. The Balaban J connectivity index is 1.82. The highest BCUT2D eigenvalue weighted by Gasteiger charge is 2.08. The molecular weight excluding hydrogens is 268 g/mol. The van der Waals surface area contributed by atoms with Crippen LogP contribution in [0, 0.1) is 0 Å². The number of nitrogens with zero attached hydrogens (tertiary/aromatic N) is 1. The van der Waals surface area contributed by atoms with E-state index >= 15 is 0 Å². The van der Waals surface area contributed by atoms with Gasteiger partial charge in [-0.15, -0.1) is 11.3 Å². The number of rotatable bonds is 6. The van der Waals surface area contributed by atoms with Gasteiger partial charge in [0.2, 0.25) is 5.91 Å². The topological polar surface area (TPSA) is 32.3 Å². The number of hydrogen-bond acceptors (Lipinski definition) is 3. The molecule has 0 aliphatic heterocycles. The number of hydrogen-bond donors (Lipinski definition) is 1. The van der Waals surface area contributed by atoms with Crippen molar-refractivity contribution in [2.75, 3.05) is 18.9 Å². The van der Waals surface area contributed by atoms with Crippen molar-refractivity contribution < 1.29 is 4.79 Å². The fourth-order valence-electron chi connectivity index (χ4n) is 1.99. The minimum atomic E-state index is 0.0216. The Morgan fingerprint density at radius 1 is 1.25 bits per heavy atom. The molecule has 0 saturated carbocycles. The molecule has 20 heavy (non-hydrogen) atoms. The summed E-state index contributed by atoms with van der Waals surface area (Å²) in [4.78, 5) is 15.2. The Kier molecular flexibility index (Phi) is 5.32. The van der Waals surface area contributed by atoms with E-state index in [1.807, 2.05) is 42.3 Å². The molecule has 1 N–H and O–H groups in total. The highest BCUT2D eigenvalue weighted by Crippen LogP contribution is 2.12. The molecule has 2 aromatic rings. The predicted octanol–water partition coefficient (Wildman–Crippen LogP) is 3.38. The van der Waals surface area contributed by atoms with E-state index in [9.17, 15) is 4.79 Å². The molecule has 0 saturated heterocycles. The molecule has 1 amide bonds. The van der Waals surface area contributed by atoms with E-state index in [0.29, 0.717) is 6.54 Å². The molecule has 0 atom stereocenters.